The van der Waals surface area contributed by atoms with E-state index in [0.29, 0.717) is 32.5 Å². The highest BCUT2D eigenvalue weighted by molar-refractivity contribution is 5.76. The third kappa shape index (κ3) is 4.08. The van der Waals surface area contributed by atoms with E-state index in [1.54, 1.807) is 0 Å². The average molecular weight is 405 g/mol. The number of aromatic nitrogens is 2. The molecule has 6 nitrogen and oxygen atoms in total. The second kappa shape index (κ2) is 8.69. The lowest BCUT2D eigenvalue weighted by Crippen LogP contribution is -2.46. The Hall–Kier alpha value is -3.15. The number of carbonyl (C=O) groups excluding carboxylic acids is 2. The van der Waals surface area contributed by atoms with E-state index in [9.17, 15) is 9.59 Å². The summed E-state index contributed by atoms with van der Waals surface area (Å²) in [5, 5.41) is 2.75. The Morgan fingerprint density at radius 1 is 1.07 bits per heavy atom. The van der Waals surface area contributed by atoms with E-state index in [1.807, 2.05) is 35.4 Å². The molecule has 1 aliphatic heterocycles. The van der Waals surface area contributed by atoms with Gasteiger partial charge in [0.05, 0.1) is 5.69 Å². The first kappa shape index (κ1) is 20.1. The Balaban J connectivity index is 1.52. The second-order valence-corrected chi connectivity index (χ2v) is 8.01. The number of nitrogens with one attached hydrogen (secondary N) is 1. The van der Waals surface area contributed by atoms with Gasteiger partial charge in [0.15, 0.2) is 0 Å². The summed E-state index contributed by atoms with van der Waals surface area (Å²) in [6, 6.07) is 16.6. The van der Waals surface area contributed by atoms with Crippen LogP contribution in [0.3, 0.4) is 0 Å². The number of fused-ring (bicyclic) bond motifs is 1. The van der Waals surface area contributed by atoms with Crippen molar-refractivity contribution in [1.29, 1.82) is 0 Å². The summed E-state index contributed by atoms with van der Waals surface area (Å²) in [5.41, 5.74) is 3.07. The predicted molar refractivity (Wildman–Crippen MR) is 116 cm³/mol. The molecular formula is C24H28N4O2. The lowest BCUT2D eigenvalue weighted by atomic mass is 9.70. The molecule has 0 bridgehead atoms. The fraction of sp³-hybridized carbons (Fsp3) is 0.375. The van der Waals surface area contributed by atoms with Gasteiger partial charge in [-0.1, -0.05) is 36.4 Å². The van der Waals surface area contributed by atoms with Crippen LogP contribution in [0.4, 0.5) is 0 Å². The number of likely N-dealkylation sites (tertiary alicyclic amines) is 1. The molecule has 1 aliphatic rings. The van der Waals surface area contributed by atoms with Crippen molar-refractivity contribution in [2.75, 3.05) is 19.6 Å². The zero-order valence-electron chi connectivity index (χ0n) is 17.4. The number of imidazole rings is 1. The standard InChI is InChI=1S/C24H28N4O2/c1-19(29)25-14-7-11-23(30)27-16-12-24(13-17-27,20-8-3-2-4-9-20)21-18-28-15-6-5-10-22(28)26-21/h2-6,8-10,15,18H,7,11-14,16-17H2,1H3,(H,25,29). The second-order valence-electron chi connectivity index (χ2n) is 8.01. The normalized spacial score (nSPS) is 15.8. The van der Waals surface area contributed by atoms with Gasteiger partial charge in [-0.25, -0.2) is 4.98 Å². The molecule has 6 heteroatoms. The fourth-order valence-corrected chi connectivity index (χ4v) is 4.42. The van der Waals surface area contributed by atoms with E-state index in [0.717, 1.165) is 24.2 Å². The van der Waals surface area contributed by atoms with E-state index >= 15 is 0 Å². The predicted octanol–water partition coefficient (Wildman–Crippen LogP) is 3.16. The lowest BCUT2D eigenvalue weighted by molar-refractivity contribution is -0.133. The molecule has 0 spiro atoms. The van der Waals surface area contributed by atoms with Crippen LogP contribution in [0.5, 0.6) is 0 Å². The smallest absolute Gasteiger partial charge is 0.222 e. The Morgan fingerprint density at radius 2 is 1.80 bits per heavy atom. The van der Waals surface area contributed by atoms with Crippen molar-refractivity contribution in [2.24, 2.45) is 0 Å². The fourth-order valence-electron chi connectivity index (χ4n) is 4.42. The zero-order valence-corrected chi connectivity index (χ0v) is 17.4. The number of rotatable bonds is 6. The molecule has 1 N–H and O–H groups in total. The zero-order chi connectivity index (χ0) is 21.0. The molecule has 0 saturated carbocycles. The third-order valence-electron chi connectivity index (χ3n) is 6.09. The van der Waals surface area contributed by atoms with Crippen LogP contribution >= 0.6 is 0 Å². The van der Waals surface area contributed by atoms with Crippen molar-refractivity contribution in [3.05, 3.63) is 72.2 Å². The van der Waals surface area contributed by atoms with Gasteiger partial charge in [0.25, 0.3) is 0 Å². The Bertz CT molecular complexity index is 987. The topological polar surface area (TPSA) is 66.7 Å². The maximum Gasteiger partial charge on any atom is 0.222 e. The number of benzene rings is 1. The van der Waals surface area contributed by atoms with Crippen molar-refractivity contribution < 1.29 is 9.59 Å². The molecular weight excluding hydrogens is 376 g/mol. The van der Waals surface area contributed by atoms with E-state index in [-0.39, 0.29) is 17.2 Å². The Morgan fingerprint density at radius 3 is 2.50 bits per heavy atom. The van der Waals surface area contributed by atoms with Crippen molar-refractivity contribution in [3.63, 3.8) is 0 Å². The van der Waals surface area contributed by atoms with Crippen molar-refractivity contribution >= 4 is 17.5 Å². The number of carbonyl (C=O) groups is 2. The van der Waals surface area contributed by atoms with Crippen LogP contribution < -0.4 is 5.32 Å². The first-order valence-electron chi connectivity index (χ1n) is 10.6. The minimum atomic E-state index is -0.194. The van der Waals surface area contributed by atoms with Gasteiger partial charge in [-0.05, 0) is 37.0 Å². The highest BCUT2D eigenvalue weighted by atomic mass is 16.2. The molecule has 2 aromatic heterocycles. The van der Waals surface area contributed by atoms with Gasteiger partial charge in [-0.3, -0.25) is 9.59 Å². The van der Waals surface area contributed by atoms with Crippen LogP contribution in [0.2, 0.25) is 0 Å². The highest BCUT2D eigenvalue weighted by Gasteiger charge is 2.40. The van der Waals surface area contributed by atoms with Gasteiger partial charge in [0.1, 0.15) is 5.65 Å². The van der Waals surface area contributed by atoms with Gasteiger partial charge in [0, 0.05) is 50.8 Å². The van der Waals surface area contributed by atoms with Crippen LogP contribution in [0, 0.1) is 0 Å². The molecule has 0 aliphatic carbocycles. The summed E-state index contributed by atoms with van der Waals surface area (Å²) in [7, 11) is 0. The molecule has 0 unspecified atom stereocenters. The van der Waals surface area contributed by atoms with Crippen molar-refractivity contribution in [2.45, 2.75) is 38.0 Å². The van der Waals surface area contributed by atoms with E-state index in [1.165, 1.54) is 12.5 Å². The van der Waals surface area contributed by atoms with Crippen molar-refractivity contribution in [3.8, 4) is 0 Å². The maximum atomic E-state index is 12.7. The minimum Gasteiger partial charge on any atom is -0.356 e. The van der Waals surface area contributed by atoms with Gasteiger partial charge >= 0.3 is 0 Å². The molecule has 2 amide bonds. The minimum absolute atomic E-state index is 0.0551. The summed E-state index contributed by atoms with van der Waals surface area (Å²) in [6.07, 6.45) is 6.99. The maximum absolute atomic E-state index is 12.7. The quantitative estimate of drug-likeness (QED) is 0.642. The van der Waals surface area contributed by atoms with Gasteiger partial charge in [0.2, 0.25) is 11.8 Å². The number of hydrogen-bond acceptors (Lipinski definition) is 3. The molecule has 3 aromatic rings. The Kier molecular flexibility index (Phi) is 5.84. The number of piperidine rings is 1. The molecule has 1 fully saturated rings. The van der Waals surface area contributed by atoms with E-state index < -0.39 is 0 Å². The van der Waals surface area contributed by atoms with Crippen LogP contribution in [-0.2, 0) is 15.0 Å². The van der Waals surface area contributed by atoms with Gasteiger partial charge in [-0.2, -0.15) is 0 Å². The van der Waals surface area contributed by atoms with Crippen LogP contribution in [-0.4, -0.2) is 45.7 Å². The first-order valence-corrected chi connectivity index (χ1v) is 10.6. The summed E-state index contributed by atoms with van der Waals surface area (Å²) in [6.45, 7) is 3.46. The molecule has 1 saturated heterocycles. The largest absolute Gasteiger partial charge is 0.356 e. The number of pyridine rings is 1. The summed E-state index contributed by atoms with van der Waals surface area (Å²) < 4.78 is 2.07. The molecule has 3 heterocycles. The van der Waals surface area contributed by atoms with Gasteiger partial charge < -0.3 is 14.6 Å². The van der Waals surface area contributed by atoms with Crippen LogP contribution in [0.15, 0.2) is 60.9 Å². The summed E-state index contributed by atoms with van der Waals surface area (Å²) in [4.78, 5) is 30.6. The van der Waals surface area contributed by atoms with Crippen LogP contribution in [0.25, 0.3) is 5.65 Å². The van der Waals surface area contributed by atoms with Crippen LogP contribution in [0.1, 0.15) is 43.9 Å². The molecule has 0 atom stereocenters. The molecule has 4 rings (SSSR count). The number of hydrogen-bond donors (Lipinski definition) is 1. The van der Waals surface area contributed by atoms with E-state index in [2.05, 4.69) is 40.2 Å². The molecule has 1 aromatic carbocycles. The summed E-state index contributed by atoms with van der Waals surface area (Å²) in [5.74, 6) is 0.109. The number of nitrogens with zero attached hydrogens (tertiary/aromatic N) is 3. The van der Waals surface area contributed by atoms with E-state index in [4.69, 9.17) is 4.98 Å². The van der Waals surface area contributed by atoms with Gasteiger partial charge in [-0.15, -0.1) is 0 Å². The highest BCUT2D eigenvalue weighted by Crippen LogP contribution is 2.41. The average Bonchev–Trinajstić information content (AvgIpc) is 3.22. The molecule has 0 radical (unpaired) electrons. The monoisotopic (exact) mass is 404 g/mol. The third-order valence-corrected chi connectivity index (χ3v) is 6.09. The SMILES string of the molecule is CC(=O)NCCCC(=O)N1CCC(c2ccccc2)(c2cn3ccccc3n2)CC1. The molecule has 156 valence electrons. The first-order chi connectivity index (χ1) is 14.6. The van der Waals surface area contributed by atoms with Crippen molar-refractivity contribution in [1.82, 2.24) is 19.6 Å². The Labute approximate surface area is 176 Å². The number of amides is 2. The molecule has 30 heavy (non-hydrogen) atoms. The lowest BCUT2D eigenvalue weighted by Gasteiger charge is -2.41. The summed E-state index contributed by atoms with van der Waals surface area (Å²) >= 11 is 0.